The summed E-state index contributed by atoms with van der Waals surface area (Å²) in [6.45, 7) is 11.3. The lowest BCUT2D eigenvalue weighted by Gasteiger charge is -2.44. The van der Waals surface area contributed by atoms with Gasteiger partial charge in [0.05, 0.1) is 41.2 Å². The molecular formula is C50H59NO14SSi. The van der Waals surface area contributed by atoms with Gasteiger partial charge in [-0.1, -0.05) is 86.4 Å². The lowest BCUT2D eigenvalue weighted by atomic mass is 10.00. The first-order valence-electron chi connectivity index (χ1n) is 22.5. The van der Waals surface area contributed by atoms with Crippen molar-refractivity contribution in [3.05, 3.63) is 148 Å². The Bertz CT molecular complexity index is 2500. The van der Waals surface area contributed by atoms with Crippen LogP contribution in [0.25, 0.3) is 10.8 Å². The monoisotopic (exact) mass is 957 g/mol. The summed E-state index contributed by atoms with van der Waals surface area (Å²) in [6.07, 6.45) is -6.67. The van der Waals surface area contributed by atoms with Crippen molar-refractivity contribution in [1.29, 1.82) is 0 Å². The number of hydrogen-bond donors (Lipinski definition) is 0. The maximum atomic E-state index is 13.6. The van der Waals surface area contributed by atoms with E-state index >= 15 is 0 Å². The Morgan fingerprint density at radius 1 is 0.761 bits per heavy atom. The van der Waals surface area contributed by atoms with Crippen LogP contribution in [-0.2, 0) is 55.8 Å². The second-order valence-electron chi connectivity index (χ2n) is 18.0. The minimum absolute atomic E-state index is 0.0559. The van der Waals surface area contributed by atoms with Crippen LogP contribution in [0.5, 0.6) is 11.5 Å². The third-order valence-electron chi connectivity index (χ3n) is 11.5. The van der Waals surface area contributed by atoms with Gasteiger partial charge in [0.15, 0.2) is 19.2 Å². The van der Waals surface area contributed by atoms with Gasteiger partial charge >= 0.3 is 5.97 Å². The number of ether oxygens (including phenoxy) is 8. The molecule has 0 unspecified atom stereocenters. The van der Waals surface area contributed by atoms with Crippen molar-refractivity contribution < 1.29 is 60.2 Å². The van der Waals surface area contributed by atoms with E-state index in [0.29, 0.717) is 29.2 Å². The van der Waals surface area contributed by atoms with E-state index in [-0.39, 0.29) is 44.1 Å². The number of benzene rings is 5. The first-order valence-corrected chi connectivity index (χ1v) is 27.8. The number of nitro benzene ring substituents is 1. The molecule has 0 aliphatic carbocycles. The maximum Gasteiger partial charge on any atom is 0.338 e. The second-order valence-corrected chi connectivity index (χ2v) is 25.4. The molecular weight excluding hydrogens is 899 g/mol. The fourth-order valence-electron chi connectivity index (χ4n) is 7.82. The van der Waals surface area contributed by atoms with Crippen LogP contribution in [0.3, 0.4) is 0 Å². The van der Waals surface area contributed by atoms with Crippen molar-refractivity contribution in [2.45, 2.75) is 115 Å². The summed E-state index contributed by atoms with van der Waals surface area (Å²) in [5.74, 6) is 0.190. The van der Waals surface area contributed by atoms with Gasteiger partial charge < -0.3 is 37.9 Å². The summed E-state index contributed by atoms with van der Waals surface area (Å²) in [7, 11) is -5.39. The third kappa shape index (κ3) is 14.6. The van der Waals surface area contributed by atoms with Crippen LogP contribution in [0.1, 0.15) is 48.2 Å². The maximum absolute atomic E-state index is 13.6. The lowest BCUT2D eigenvalue weighted by molar-refractivity contribution is -0.384. The van der Waals surface area contributed by atoms with Crippen LogP contribution in [0.15, 0.2) is 121 Å². The van der Waals surface area contributed by atoms with Gasteiger partial charge in [0.2, 0.25) is 6.29 Å². The van der Waals surface area contributed by atoms with Gasteiger partial charge in [0, 0.05) is 39.7 Å². The minimum atomic E-state index is -4.17. The molecule has 0 radical (unpaired) electrons. The molecule has 2 aliphatic heterocycles. The Labute approximate surface area is 392 Å². The topological polar surface area (TPSA) is 177 Å². The molecule has 17 heteroatoms. The van der Waals surface area contributed by atoms with Crippen molar-refractivity contribution in [1.82, 2.24) is 0 Å². The molecule has 7 rings (SSSR count). The number of carbonyl (C=O) groups excluding carboxylic acids is 1. The highest BCUT2D eigenvalue weighted by Crippen LogP contribution is 2.34. The smallest absolute Gasteiger partial charge is 0.338 e. The van der Waals surface area contributed by atoms with E-state index in [9.17, 15) is 23.3 Å². The molecule has 0 aromatic heterocycles. The van der Waals surface area contributed by atoms with E-state index in [0.717, 1.165) is 22.4 Å². The number of rotatable bonds is 21. The summed E-state index contributed by atoms with van der Waals surface area (Å²) in [6, 6.07) is 36.4. The largest absolute Gasteiger partial charge is 0.468 e. The Kier molecular flexibility index (Phi) is 16.8. The summed E-state index contributed by atoms with van der Waals surface area (Å²) >= 11 is 0. The summed E-state index contributed by atoms with van der Waals surface area (Å²) < 4.78 is 82.9. The zero-order valence-corrected chi connectivity index (χ0v) is 40.2. The van der Waals surface area contributed by atoms with Gasteiger partial charge in [-0.25, -0.2) is 4.79 Å². The minimum Gasteiger partial charge on any atom is -0.468 e. The van der Waals surface area contributed by atoms with Crippen molar-refractivity contribution in [2.75, 3.05) is 19.2 Å². The zero-order chi connectivity index (χ0) is 47.6. The molecule has 0 amide bonds. The highest BCUT2D eigenvalue weighted by molar-refractivity contribution is 7.86. The Hall–Kier alpha value is -5.24. The third-order valence-corrected chi connectivity index (χ3v) is 14.5. The predicted molar refractivity (Wildman–Crippen MR) is 253 cm³/mol. The molecule has 0 N–H and O–H groups in total. The van der Waals surface area contributed by atoms with Gasteiger partial charge in [-0.05, 0) is 90.7 Å². The number of hydrogen-bond acceptors (Lipinski definition) is 14. The Morgan fingerprint density at radius 2 is 1.40 bits per heavy atom. The number of aryl methyl sites for hydroxylation is 1. The molecule has 0 saturated carbocycles. The van der Waals surface area contributed by atoms with Gasteiger partial charge in [-0.15, -0.1) is 0 Å². The van der Waals surface area contributed by atoms with Crippen LogP contribution in [0.4, 0.5) is 5.69 Å². The van der Waals surface area contributed by atoms with E-state index in [4.69, 9.17) is 42.1 Å². The molecule has 0 bridgehead atoms. The number of nitrogens with zero attached hydrogens (tertiary/aromatic N) is 1. The molecule has 8 atom stereocenters. The van der Waals surface area contributed by atoms with E-state index in [1.165, 1.54) is 24.3 Å². The van der Waals surface area contributed by atoms with Crippen molar-refractivity contribution in [3.63, 3.8) is 0 Å². The number of non-ortho nitro benzene ring substituents is 1. The SMILES string of the molecule is C[C@H]1O[C@@H](O[C@@H]2C[C@H](Oc3ccc(OCOCC[Si](C)(C)C)cc3)O[C@H](C)[C@H]2OC(=O)c2ccccc2)C[C@@H](OCc2ccc3ccccc3c2)[C@@H]1OS(=O)(=O)CCc1ccc([N+](=O)[O-])cc1. The van der Waals surface area contributed by atoms with Crippen molar-refractivity contribution in [3.8, 4) is 11.5 Å². The van der Waals surface area contributed by atoms with Gasteiger partial charge in [-0.3, -0.25) is 14.3 Å². The average Bonchev–Trinajstić information content (AvgIpc) is 3.30. The summed E-state index contributed by atoms with van der Waals surface area (Å²) in [4.78, 5) is 24.1. The van der Waals surface area contributed by atoms with Gasteiger partial charge in [0.1, 0.15) is 23.7 Å². The van der Waals surface area contributed by atoms with Gasteiger partial charge in [0.25, 0.3) is 15.8 Å². The number of fused-ring (bicyclic) bond motifs is 1. The lowest BCUT2D eigenvalue weighted by Crippen LogP contribution is -2.56. The fraction of sp³-hybridized carbons (Fsp3) is 0.420. The van der Waals surface area contributed by atoms with Crippen molar-refractivity contribution >= 4 is 40.6 Å². The first kappa shape index (κ1) is 49.7. The average molecular weight is 958 g/mol. The number of nitro groups is 1. The van der Waals surface area contributed by atoms with Crippen molar-refractivity contribution in [2.24, 2.45) is 0 Å². The van der Waals surface area contributed by atoms with Gasteiger partial charge in [-0.2, -0.15) is 8.42 Å². The second kappa shape index (κ2) is 22.7. The number of carbonyl (C=O) groups is 1. The van der Waals surface area contributed by atoms with E-state index < -0.39 is 78.3 Å². The van der Waals surface area contributed by atoms with Crippen LogP contribution >= 0.6 is 0 Å². The molecule has 358 valence electrons. The Morgan fingerprint density at radius 3 is 2.12 bits per heavy atom. The molecule has 2 saturated heterocycles. The first-order chi connectivity index (χ1) is 32.1. The van der Waals surface area contributed by atoms with E-state index in [1.54, 1.807) is 68.4 Å². The highest BCUT2D eigenvalue weighted by Gasteiger charge is 2.46. The Balaban J connectivity index is 1.06. The van der Waals surface area contributed by atoms with E-state index in [1.807, 2.05) is 42.5 Å². The molecule has 15 nitrogen and oxygen atoms in total. The van der Waals surface area contributed by atoms with E-state index in [2.05, 4.69) is 19.6 Å². The normalized spacial score (nSPS) is 23.4. The molecule has 2 fully saturated rings. The predicted octanol–water partition coefficient (Wildman–Crippen LogP) is 9.24. The zero-order valence-electron chi connectivity index (χ0n) is 38.4. The summed E-state index contributed by atoms with van der Waals surface area (Å²) in [5, 5.41) is 13.2. The number of esters is 1. The highest BCUT2D eigenvalue weighted by atomic mass is 32.2. The molecule has 67 heavy (non-hydrogen) atoms. The molecule has 0 spiro atoms. The van der Waals surface area contributed by atoms with Crippen LogP contribution < -0.4 is 9.47 Å². The molecule has 2 aliphatic rings. The standard InChI is InChI=1S/C50H59NO14SSi/c1-34-48(64-50(52)39-12-7-6-8-13-39)45(31-46(60-34)62-43-23-21-42(22-24-43)59-33-57-26-28-67(3,4)5)63-47-30-44(58-32-37-15-18-38-11-9-10-14-40(38)29-37)49(35(2)61-47)65-66(55,56)27-25-36-16-19-41(20-17-36)51(53)54/h6-24,29,34-35,44-49H,25-28,30-33H2,1-5H3/t34-,35-,44-,45-,46+,47+,48-,49-/m1/s1. The summed E-state index contributed by atoms with van der Waals surface area (Å²) in [5.41, 5.74) is 1.73. The fourth-order valence-corrected chi connectivity index (χ4v) is 9.78. The van der Waals surface area contributed by atoms with Crippen LogP contribution in [0.2, 0.25) is 25.7 Å². The van der Waals surface area contributed by atoms with Crippen LogP contribution in [0, 0.1) is 10.1 Å². The quantitative estimate of drug-likeness (QED) is 0.0129. The molecule has 2 heterocycles. The van der Waals surface area contributed by atoms with Crippen LogP contribution in [-0.4, -0.2) is 95.7 Å². The molecule has 5 aromatic carbocycles. The molecule has 5 aromatic rings.